The molecule has 4 heteroatoms. The summed E-state index contributed by atoms with van der Waals surface area (Å²) in [7, 11) is 2.20. The van der Waals surface area contributed by atoms with Gasteiger partial charge in [-0.2, -0.15) is 0 Å². The molecule has 1 N–H and O–H groups in total. The zero-order valence-electron chi connectivity index (χ0n) is 12.3. The number of nitrogens with one attached hydrogen (secondary N) is 1. The second kappa shape index (κ2) is 6.53. The van der Waals surface area contributed by atoms with E-state index in [4.69, 9.17) is 4.74 Å². The summed E-state index contributed by atoms with van der Waals surface area (Å²) in [6.45, 7) is 8.01. The number of hydrogen-bond acceptors (Lipinski definition) is 4. The minimum Gasteiger partial charge on any atom is -0.374 e. The van der Waals surface area contributed by atoms with Crippen molar-refractivity contribution in [2.75, 3.05) is 52.9 Å². The molecule has 1 saturated carbocycles. The molecule has 3 rings (SSSR count). The Morgan fingerprint density at radius 1 is 1.11 bits per heavy atom. The molecule has 0 amide bonds. The van der Waals surface area contributed by atoms with Crippen molar-refractivity contribution in [3.8, 4) is 0 Å². The Balaban J connectivity index is 1.32. The molecule has 0 aromatic heterocycles. The summed E-state index contributed by atoms with van der Waals surface area (Å²) in [5, 5.41) is 3.68. The first kappa shape index (κ1) is 13.8. The summed E-state index contributed by atoms with van der Waals surface area (Å²) < 4.78 is 5.87. The Morgan fingerprint density at radius 3 is 2.58 bits per heavy atom. The topological polar surface area (TPSA) is 27.7 Å². The number of rotatable bonds is 5. The first-order valence-corrected chi connectivity index (χ1v) is 8.05. The van der Waals surface area contributed by atoms with Crippen LogP contribution in [-0.2, 0) is 4.74 Å². The molecule has 110 valence electrons. The van der Waals surface area contributed by atoms with Gasteiger partial charge in [-0.25, -0.2) is 0 Å². The van der Waals surface area contributed by atoms with Gasteiger partial charge in [0.05, 0.1) is 12.7 Å². The van der Waals surface area contributed by atoms with Gasteiger partial charge >= 0.3 is 0 Å². The van der Waals surface area contributed by atoms with E-state index in [1.165, 1.54) is 45.3 Å². The maximum Gasteiger partial charge on any atom is 0.0829 e. The standard InChI is InChI=1S/C15H29N3O/c1-17-8-9-19-15(11-17)12-18-6-4-13(5-7-18)10-16-14-2-3-14/h13-16H,2-12H2,1H3. The van der Waals surface area contributed by atoms with Crippen LogP contribution in [0.1, 0.15) is 25.7 Å². The average Bonchev–Trinajstić information content (AvgIpc) is 3.22. The molecule has 1 aliphatic carbocycles. The Labute approximate surface area is 117 Å². The van der Waals surface area contributed by atoms with Gasteiger partial charge in [0.25, 0.3) is 0 Å². The van der Waals surface area contributed by atoms with Crippen LogP contribution in [0, 0.1) is 5.92 Å². The first-order chi connectivity index (χ1) is 9.29. The van der Waals surface area contributed by atoms with Crippen LogP contribution in [0.5, 0.6) is 0 Å². The van der Waals surface area contributed by atoms with Crippen molar-refractivity contribution in [3.05, 3.63) is 0 Å². The van der Waals surface area contributed by atoms with Gasteiger partial charge in [0.15, 0.2) is 0 Å². The highest BCUT2D eigenvalue weighted by atomic mass is 16.5. The zero-order chi connectivity index (χ0) is 13.1. The van der Waals surface area contributed by atoms with Crippen LogP contribution in [0.3, 0.4) is 0 Å². The lowest BCUT2D eigenvalue weighted by atomic mass is 9.96. The van der Waals surface area contributed by atoms with Gasteiger partial charge in [0, 0.05) is 25.7 Å². The third-order valence-electron chi connectivity index (χ3n) is 4.78. The molecule has 1 unspecified atom stereocenters. The van der Waals surface area contributed by atoms with Crippen molar-refractivity contribution in [1.29, 1.82) is 0 Å². The summed E-state index contributed by atoms with van der Waals surface area (Å²) in [6.07, 6.45) is 5.97. The summed E-state index contributed by atoms with van der Waals surface area (Å²) >= 11 is 0. The molecular weight excluding hydrogens is 238 g/mol. The van der Waals surface area contributed by atoms with Crippen LogP contribution in [0.25, 0.3) is 0 Å². The van der Waals surface area contributed by atoms with E-state index in [1.54, 1.807) is 0 Å². The number of ether oxygens (including phenoxy) is 1. The maximum atomic E-state index is 5.87. The predicted molar refractivity (Wildman–Crippen MR) is 77.4 cm³/mol. The van der Waals surface area contributed by atoms with Crippen molar-refractivity contribution in [1.82, 2.24) is 15.1 Å². The number of likely N-dealkylation sites (N-methyl/N-ethyl adjacent to an activating group) is 1. The van der Waals surface area contributed by atoms with Gasteiger partial charge in [-0.05, 0) is 58.3 Å². The van der Waals surface area contributed by atoms with Crippen LogP contribution in [0.4, 0.5) is 0 Å². The van der Waals surface area contributed by atoms with Crippen molar-refractivity contribution < 1.29 is 4.74 Å². The van der Waals surface area contributed by atoms with Crippen LogP contribution < -0.4 is 5.32 Å². The quantitative estimate of drug-likeness (QED) is 0.797. The van der Waals surface area contributed by atoms with E-state index in [9.17, 15) is 0 Å². The lowest BCUT2D eigenvalue weighted by Crippen LogP contribution is -2.48. The maximum absolute atomic E-state index is 5.87. The third-order valence-corrected chi connectivity index (χ3v) is 4.78. The van der Waals surface area contributed by atoms with Gasteiger partial charge in [-0.1, -0.05) is 0 Å². The highest BCUT2D eigenvalue weighted by molar-refractivity contribution is 4.84. The van der Waals surface area contributed by atoms with Crippen LogP contribution in [-0.4, -0.2) is 74.9 Å². The van der Waals surface area contributed by atoms with Crippen molar-refractivity contribution >= 4 is 0 Å². The largest absolute Gasteiger partial charge is 0.374 e. The minimum atomic E-state index is 0.430. The molecule has 2 saturated heterocycles. The predicted octanol–water partition coefficient (Wildman–Crippen LogP) is 0.781. The van der Waals surface area contributed by atoms with Crippen molar-refractivity contribution in [2.24, 2.45) is 5.92 Å². The lowest BCUT2D eigenvalue weighted by molar-refractivity contribution is -0.0393. The fourth-order valence-corrected chi connectivity index (χ4v) is 3.26. The fraction of sp³-hybridized carbons (Fsp3) is 1.00. The van der Waals surface area contributed by atoms with Crippen LogP contribution >= 0.6 is 0 Å². The van der Waals surface area contributed by atoms with Gasteiger partial charge in [0.2, 0.25) is 0 Å². The molecule has 0 aromatic carbocycles. The SMILES string of the molecule is CN1CCOC(CN2CCC(CNC3CC3)CC2)C1. The number of piperidine rings is 1. The molecule has 19 heavy (non-hydrogen) atoms. The van der Waals surface area contributed by atoms with E-state index in [0.29, 0.717) is 6.10 Å². The van der Waals surface area contributed by atoms with E-state index in [0.717, 1.165) is 38.2 Å². The zero-order valence-corrected chi connectivity index (χ0v) is 12.3. The Morgan fingerprint density at radius 2 is 1.89 bits per heavy atom. The summed E-state index contributed by atoms with van der Waals surface area (Å²) in [4.78, 5) is 5.00. The smallest absolute Gasteiger partial charge is 0.0829 e. The Kier molecular flexibility index (Phi) is 4.74. The summed E-state index contributed by atoms with van der Waals surface area (Å²) in [6, 6.07) is 0.865. The number of likely N-dealkylation sites (tertiary alicyclic amines) is 1. The number of morpholine rings is 1. The number of hydrogen-bond donors (Lipinski definition) is 1. The Hall–Kier alpha value is -0.160. The normalized spacial score (nSPS) is 31.7. The van der Waals surface area contributed by atoms with Crippen molar-refractivity contribution in [3.63, 3.8) is 0 Å². The van der Waals surface area contributed by atoms with Crippen LogP contribution in [0.2, 0.25) is 0 Å². The monoisotopic (exact) mass is 267 g/mol. The van der Waals surface area contributed by atoms with Gasteiger partial charge < -0.3 is 19.9 Å². The molecule has 0 aromatic rings. The second-order valence-corrected chi connectivity index (χ2v) is 6.68. The minimum absolute atomic E-state index is 0.430. The van der Waals surface area contributed by atoms with E-state index < -0.39 is 0 Å². The van der Waals surface area contributed by atoms with Crippen molar-refractivity contribution in [2.45, 2.75) is 37.8 Å². The van der Waals surface area contributed by atoms with E-state index in [2.05, 4.69) is 22.2 Å². The Bertz CT molecular complexity index is 275. The van der Waals surface area contributed by atoms with Gasteiger partial charge in [-0.15, -0.1) is 0 Å². The second-order valence-electron chi connectivity index (χ2n) is 6.68. The molecule has 2 heterocycles. The van der Waals surface area contributed by atoms with E-state index >= 15 is 0 Å². The highest BCUT2D eigenvalue weighted by Crippen LogP contribution is 2.22. The van der Waals surface area contributed by atoms with Gasteiger partial charge in [-0.3, -0.25) is 0 Å². The third kappa shape index (κ3) is 4.42. The fourth-order valence-electron chi connectivity index (χ4n) is 3.26. The summed E-state index contributed by atoms with van der Waals surface area (Å²) in [5.41, 5.74) is 0. The molecule has 4 nitrogen and oxygen atoms in total. The molecular formula is C15H29N3O. The average molecular weight is 267 g/mol. The highest BCUT2D eigenvalue weighted by Gasteiger charge is 2.26. The van der Waals surface area contributed by atoms with E-state index in [1.807, 2.05) is 0 Å². The molecule has 3 fully saturated rings. The summed E-state index contributed by atoms with van der Waals surface area (Å²) in [5.74, 6) is 0.909. The van der Waals surface area contributed by atoms with Gasteiger partial charge in [0.1, 0.15) is 0 Å². The lowest BCUT2D eigenvalue weighted by Gasteiger charge is -2.37. The molecule has 0 spiro atoms. The molecule has 0 radical (unpaired) electrons. The molecule has 0 bridgehead atoms. The number of nitrogens with zero attached hydrogens (tertiary/aromatic N) is 2. The molecule has 1 atom stereocenters. The molecule has 2 aliphatic heterocycles. The van der Waals surface area contributed by atoms with E-state index in [-0.39, 0.29) is 0 Å². The molecule has 3 aliphatic rings. The first-order valence-electron chi connectivity index (χ1n) is 8.05. The van der Waals surface area contributed by atoms with Crippen LogP contribution in [0.15, 0.2) is 0 Å².